The molecule has 3 nitrogen and oxygen atoms in total. The molecule has 0 aliphatic carbocycles. The van der Waals surface area contributed by atoms with Crippen molar-refractivity contribution in [2.75, 3.05) is 18.5 Å². The summed E-state index contributed by atoms with van der Waals surface area (Å²) in [6, 6.07) is 12.5. The predicted molar refractivity (Wildman–Crippen MR) is 80.6 cm³/mol. The third kappa shape index (κ3) is 2.64. The number of aliphatic hydroxyl groups is 1. The smallest absolute Gasteiger partial charge is 0.125 e. The molecule has 0 aliphatic heterocycles. The summed E-state index contributed by atoms with van der Waals surface area (Å²) in [5.41, 5.74) is 2.64. The predicted octanol–water partition coefficient (Wildman–Crippen LogP) is 3.51. The molecular weight excluding hydrogens is 275 g/mol. The number of anilines is 1. The van der Waals surface area contributed by atoms with E-state index in [-0.39, 0.29) is 12.4 Å². The maximum Gasteiger partial charge on any atom is 0.125 e. The molecule has 3 rings (SSSR count). The molecule has 0 radical (unpaired) electrons. The van der Waals surface area contributed by atoms with E-state index in [4.69, 9.17) is 5.11 Å². The highest BCUT2D eigenvalue weighted by atomic mass is 32.1. The molecule has 0 atom stereocenters. The minimum atomic E-state index is -0.266. The molecule has 2 aromatic carbocycles. The maximum atomic E-state index is 13.2. The van der Waals surface area contributed by atoms with Crippen molar-refractivity contribution in [2.45, 2.75) is 0 Å². The number of benzene rings is 2. The van der Waals surface area contributed by atoms with Gasteiger partial charge < -0.3 is 10.4 Å². The van der Waals surface area contributed by atoms with E-state index in [0.717, 1.165) is 21.0 Å². The number of aliphatic hydroxyl groups excluding tert-OH is 1. The second-order valence-corrected chi connectivity index (χ2v) is 5.39. The summed E-state index contributed by atoms with van der Waals surface area (Å²) < 4.78 is 14.1. The van der Waals surface area contributed by atoms with E-state index in [2.05, 4.69) is 10.3 Å². The molecule has 2 N–H and O–H groups in total. The van der Waals surface area contributed by atoms with E-state index in [0.29, 0.717) is 12.1 Å². The third-order valence-corrected chi connectivity index (χ3v) is 4.01. The van der Waals surface area contributed by atoms with Crippen LogP contribution in [-0.2, 0) is 0 Å². The van der Waals surface area contributed by atoms with Crippen molar-refractivity contribution in [3.05, 3.63) is 48.3 Å². The molecule has 5 heteroatoms. The van der Waals surface area contributed by atoms with Gasteiger partial charge in [-0.05, 0) is 36.4 Å². The SMILES string of the molecule is OCCNc1ccc(-c2nc3cc(F)ccc3s2)cc1. The van der Waals surface area contributed by atoms with Gasteiger partial charge in [-0.1, -0.05) is 0 Å². The Morgan fingerprint density at radius 2 is 1.95 bits per heavy atom. The molecule has 0 aliphatic rings. The first-order valence-electron chi connectivity index (χ1n) is 6.27. The number of nitrogens with one attached hydrogen (secondary N) is 1. The number of fused-ring (bicyclic) bond motifs is 1. The fourth-order valence-electron chi connectivity index (χ4n) is 1.95. The van der Waals surface area contributed by atoms with Crippen molar-refractivity contribution < 1.29 is 9.50 Å². The van der Waals surface area contributed by atoms with Gasteiger partial charge in [0.1, 0.15) is 10.8 Å². The Bertz CT molecular complexity index is 724. The fourth-order valence-corrected chi connectivity index (χ4v) is 2.91. The van der Waals surface area contributed by atoms with E-state index < -0.39 is 0 Å². The Morgan fingerprint density at radius 1 is 1.15 bits per heavy atom. The largest absolute Gasteiger partial charge is 0.395 e. The number of nitrogens with zero attached hydrogens (tertiary/aromatic N) is 1. The van der Waals surface area contributed by atoms with Crippen molar-refractivity contribution >= 4 is 27.2 Å². The van der Waals surface area contributed by atoms with Crippen LogP contribution in [0.5, 0.6) is 0 Å². The maximum absolute atomic E-state index is 13.2. The number of thiazole rings is 1. The van der Waals surface area contributed by atoms with Crippen LogP contribution in [0.4, 0.5) is 10.1 Å². The summed E-state index contributed by atoms with van der Waals surface area (Å²) in [7, 11) is 0. The molecule has 3 aromatic rings. The minimum absolute atomic E-state index is 0.102. The van der Waals surface area contributed by atoms with Gasteiger partial charge in [-0.2, -0.15) is 0 Å². The third-order valence-electron chi connectivity index (χ3n) is 2.92. The summed E-state index contributed by atoms with van der Waals surface area (Å²) >= 11 is 1.54. The average molecular weight is 288 g/mol. The van der Waals surface area contributed by atoms with Crippen LogP contribution >= 0.6 is 11.3 Å². The molecular formula is C15H13FN2OS. The molecule has 1 aromatic heterocycles. The lowest BCUT2D eigenvalue weighted by atomic mass is 10.2. The Hall–Kier alpha value is -1.98. The van der Waals surface area contributed by atoms with Gasteiger partial charge in [0.25, 0.3) is 0 Å². The summed E-state index contributed by atoms with van der Waals surface area (Å²) in [4.78, 5) is 4.45. The van der Waals surface area contributed by atoms with Crippen LogP contribution < -0.4 is 5.32 Å². The lowest BCUT2D eigenvalue weighted by molar-refractivity contribution is 0.311. The Balaban J connectivity index is 1.90. The summed E-state index contributed by atoms with van der Waals surface area (Å²) in [5.74, 6) is -0.266. The normalized spacial score (nSPS) is 10.9. The molecule has 0 unspecified atom stereocenters. The second-order valence-electron chi connectivity index (χ2n) is 4.36. The summed E-state index contributed by atoms with van der Waals surface area (Å²) in [6.07, 6.45) is 0. The molecule has 0 saturated carbocycles. The number of aromatic nitrogens is 1. The van der Waals surface area contributed by atoms with Gasteiger partial charge in [-0.25, -0.2) is 9.37 Å². The quantitative estimate of drug-likeness (QED) is 0.772. The molecule has 102 valence electrons. The van der Waals surface area contributed by atoms with Gasteiger partial charge in [-0.3, -0.25) is 0 Å². The Kier molecular flexibility index (Phi) is 3.62. The highest BCUT2D eigenvalue weighted by Crippen LogP contribution is 2.30. The van der Waals surface area contributed by atoms with E-state index in [1.807, 2.05) is 24.3 Å². The van der Waals surface area contributed by atoms with Crippen molar-refractivity contribution in [1.29, 1.82) is 0 Å². The standard InChI is InChI=1S/C15H13FN2OS/c16-11-3-6-14-13(9-11)18-15(20-14)10-1-4-12(5-2-10)17-7-8-19/h1-6,9,17,19H,7-8H2. The zero-order chi connectivity index (χ0) is 13.9. The lowest BCUT2D eigenvalue weighted by Gasteiger charge is -2.04. The number of hydrogen-bond acceptors (Lipinski definition) is 4. The second kappa shape index (κ2) is 5.56. The molecule has 0 saturated heterocycles. The van der Waals surface area contributed by atoms with Gasteiger partial charge in [0, 0.05) is 23.9 Å². The minimum Gasteiger partial charge on any atom is -0.395 e. The first kappa shape index (κ1) is 13.0. The van der Waals surface area contributed by atoms with Gasteiger partial charge in [0.15, 0.2) is 0 Å². The first-order chi connectivity index (χ1) is 9.76. The number of rotatable bonds is 4. The molecule has 0 spiro atoms. The van der Waals surface area contributed by atoms with Crippen LogP contribution in [0.2, 0.25) is 0 Å². The van der Waals surface area contributed by atoms with Crippen molar-refractivity contribution in [1.82, 2.24) is 4.98 Å². The highest BCUT2D eigenvalue weighted by Gasteiger charge is 2.07. The molecule has 0 amide bonds. The summed E-state index contributed by atoms with van der Waals surface area (Å²) in [6.45, 7) is 0.630. The highest BCUT2D eigenvalue weighted by molar-refractivity contribution is 7.21. The first-order valence-corrected chi connectivity index (χ1v) is 7.09. The van der Waals surface area contributed by atoms with Gasteiger partial charge in [0.2, 0.25) is 0 Å². The van der Waals surface area contributed by atoms with Gasteiger partial charge in [-0.15, -0.1) is 11.3 Å². The topological polar surface area (TPSA) is 45.1 Å². The molecule has 1 heterocycles. The van der Waals surface area contributed by atoms with E-state index in [1.165, 1.54) is 12.1 Å². The van der Waals surface area contributed by atoms with E-state index in [1.54, 1.807) is 17.4 Å². The summed E-state index contributed by atoms with van der Waals surface area (Å²) in [5, 5.41) is 12.7. The monoisotopic (exact) mass is 288 g/mol. The van der Waals surface area contributed by atoms with Gasteiger partial charge in [0.05, 0.1) is 16.8 Å². The van der Waals surface area contributed by atoms with Crippen molar-refractivity contribution in [3.8, 4) is 10.6 Å². The number of halogens is 1. The average Bonchev–Trinajstić information content (AvgIpc) is 2.88. The van der Waals surface area contributed by atoms with Crippen LogP contribution in [0, 0.1) is 5.82 Å². The molecule has 20 heavy (non-hydrogen) atoms. The van der Waals surface area contributed by atoms with Crippen molar-refractivity contribution in [2.24, 2.45) is 0 Å². The molecule has 0 bridgehead atoms. The zero-order valence-electron chi connectivity index (χ0n) is 10.6. The van der Waals surface area contributed by atoms with E-state index >= 15 is 0 Å². The Labute approximate surface area is 119 Å². The Morgan fingerprint density at radius 3 is 2.70 bits per heavy atom. The van der Waals surface area contributed by atoms with Crippen LogP contribution in [0.25, 0.3) is 20.8 Å². The van der Waals surface area contributed by atoms with Crippen LogP contribution in [0.15, 0.2) is 42.5 Å². The molecule has 0 fully saturated rings. The lowest BCUT2D eigenvalue weighted by Crippen LogP contribution is -2.04. The van der Waals surface area contributed by atoms with Crippen LogP contribution in [0.3, 0.4) is 0 Å². The van der Waals surface area contributed by atoms with Gasteiger partial charge >= 0.3 is 0 Å². The fraction of sp³-hybridized carbons (Fsp3) is 0.133. The van der Waals surface area contributed by atoms with Crippen LogP contribution in [0.1, 0.15) is 0 Å². The number of hydrogen-bond donors (Lipinski definition) is 2. The zero-order valence-corrected chi connectivity index (χ0v) is 11.5. The van der Waals surface area contributed by atoms with E-state index in [9.17, 15) is 4.39 Å². The van der Waals surface area contributed by atoms with Crippen LogP contribution in [-0.4, -0.2) is 23.2 Å². The van der Waals surface area contributed by atoms with Crippen molar-refractivity contribution in [3.63, 3.8) is 0 Å².